The number of hydrogen-bond acceptors (Lipinski definition) is 3. The SMILES string of the molecule is CN(CCc1ccc(C(F)(F)F)cc1)C1CCN(N)CC1. The van der Waals surface area contributed by atoms with Gasteiger partial charge in [0, 0.05) is 25.7 Å². The second kappa shape index (κ2) is 6.77. The van der Waals surface area contributed by atoms with E-state index in [9.17, 15) is 13.2 Å². The van der Waals surface area contributed by atoms with Gasteiger partial charge in [-0.2, -0.15) is 13.2 Å². The highest BCUT2D eigenvalue weighted by molar-refractivity contribution is 5.24. The average Bonchev–Trinajstić information content (AvgIpc) is 2.45. The summed E-state index contributed by atoms with van der Waals surface area (Å²) in [7, 11) is 2.07. The van der Waals surface area contributed by atoms with E-state index in [-0.39, 0.29) is 0 Å². The fraction of sp³-hybridized carbons (Fsp3) is 0.600. The molecule has 1 fully saturated rings. The maximum atomic E-state index is 12.5. The lowest BCUT2D eigenvalue weighted by Crippen LogP contribution is -2.46. The number of benzene rings is 1. The van der Waals surface area contributed by atoms with Gasteiger partial charge in [0.25, 0.3) is 0 Å². The zero-order valence-corrected chi connectivity index (χ0v) is 12.2. The van der Waals surface area contributed by atoms with Crippen molar-refractivity contribution in [3.05, 3.63) is 35.4 Å². The summed E-state index contributed by atoms with van der Waals surface area (Å²) in [5, 5.41) is 1.83. The van der Waals surface area contributed by atoms with Crippen molar-refractivity contribution >= 4 is 0 Å². The first-order valence-corrected chi connectivity index (χ1v) is 7.22. The van der Waals surface area contributed by atoms with E-state index in [4.69, 9.17) is 5.84 Å². The lowest BCUT2D eigenvalue weighted by Gasteiger charge is -2.34. The molecule has 0 atom stereocenters. The van der Waals surface area contributed by atoms with Crippen LogP contribution in [0, 0.1) is 0 Å². The molecule has 0 spiro atoms. The van der Waals surface area contributed by atoms with Crippen molar-refractivity contribution in [2.24, 2.45) is 5.84 Å². The number of nitrogens with two attached hydrogens (primary N) is 1. The topological polar surface area (TPSA) is 32.5 Å². The smallest absolute Gasteiger partial charge is 0.303 e. The van der Waals surface area contributed by atoms with Gasteiger partial charge < -0.3 is 4.90 Å². The van der Waals surface area contributed by atoms with Crippen LogP contribution in [0.4, 0.5) is 13.2 Å². The van der Waals surface area contributed by atoms with Crippen molar-refractivity contribution in [3.63, 3.8) is 0 Å². The van der Waals surface area contributed by atoms with Crippen molar-refractivity contribution < 1.29 is 13.2 Å². The number of nitrogens with zero attached hydrogens (tertiary/aromatic N) is 2. The first-order valence-electron chi connectivity index (χ1n) is 7.22. The molecule has 0 radical (unpaired) electrons. The molecule has 0 unspecified atom stereocenters. The highest BCUT2D eigenvalue weighted by Gasteiger charge is 2.29. The summed E-state index contributed by atoms with van der Waals surface area (Å²) in [6, 6.07) is 5.96. The minimum atomic E-state index is -4.26. The lowest BCUT2D eigenvalue weighted by molar-refractivity contribution is -0.137. The molecular formula is C15H22F3N3. The number of piperidine rings is 1. The van der Waals surface area contributed by atoms with Crippen molar-refractivity contribution in [1.29, 1.82) is 0 Å². The van der Waals surface area contributed by atoms with Gasteiger partial charge in [0.15, 0.2) is 0 Å². The summed E-state index contributed by atoms with van der Waals surface area (Å²) in [5.74, 6) is 5.73. The molecule has 3 nitrogen and oxygen atoms in total. The fourth-order valence-electron chi connectivity index (χ4n) is 2.68. The molecule has 1 aliphatic heterocycles. The van der Waals surface area contributed by atoms with Crippen LogP contribution in [0.15, 0.2) is 24.3 Å². The number of alkyl halides is 3. The van der Waals surface area contributed by atoms with Gasteiger partial charge in [0.05, 0.1) is 5.56 Å². The Morgan fingerprint density at radius 3 is 2.29 bits per heavy atom. The molecule has 118 valence electrons. The molecule has 0 saturated carbocycles. The molecule has 2 rings (SSSR count). The minimum absolute atomic E-state index is 0.513. The number of rotatable bonds is 4. The number of hydrogen-bond donors (Lipinski definition) is 1. The monoisotopic (exact) mass is 301 g/mol. The van der Waals surface area contributed by atoms with Gasteiger partial charge in [-0.3, -0.25) is 5.84 Å². The van der Waals surface area contributed by atoms with E-state index in [0.717, 1.165) is 56.6 Å². The molecule has 1 aliphatic rings. The molecule has 1 saturated heterocycles. The number of hydrazine groups is 1. The van der Waals surface area contributed by atoms with Crippen LogP contribution in [0.5, 0.6) is 0 Å². The van der Waals surface area contributed by atoms with E-state index in [1.807, 2.05) is 5.01 Å². The molecule has 21 heavy (non-hydrogen) atoms. The van der Waals surface area contributed by atoms with E-state index in [1.54, 1.807) is 12.1 Å². The zero-order chi connectivity index (χ0) is 15.5. The third kappa shape index (κ3) is 4.69. The van der Waals surface area contributed by atoms with Gasteiger partial charge in [0.1, 0.15) is 0 Å². The van der Waals surface area contributed by atoms with Crippen LogP contribution in [0.3, 0.4) is 0 Å². The normalized spacial score (nSPS) is 18.4. The standard InChI is InChI=1S/C15H22F3N3/c1-20(14-7-10-21(19)11-8-14)9-6-12-2-4-13(5-3-12)15(16,17)18/h2-5,14H,6-11,19H2,1H3. The predicted molar refractivity (Wildman–Crippen MR) is 76.6 cm³/mol. The van der Waals surface area contributed by atoms with Gasteiger partial charge >= 0.3 is 6.18 Å². The van der Waals surface area contributed by atoms with Crippen molar-refractivity contribution in [3.8, 4) is 0 Å². The minimum Gasteiger partial charge on any atom is -0.303 e. The summed E-state index contributed by atoms with van der Waals surface area (Å²) in [4.78, 5) is 2.28. The first kappa shape index (κ1) is 16.3. The number of likely N-dealkylation sites (N-methyl/N-ethyl adjacent to an activating group) is 1. The van der Waals surface area contributed by atoms with Crippen LogP contribution in [-0.2, 0) is 12.6 Å². The Hall–Kier alpha value is -1.11. The third-order valence-electron chi connectivity index (χ3n) is 4.16. The van der Waals surface area contributed by atoms with E-state index in [1.165, 1.54) is 0 Å². The molecule has 0 amide bonds. The summed E-state index contributed by atoms with van der Waals surface area (Å²) >= 11 is 0. The Morgan fingerprint density at radius 1 is 1.19 bits per heavy atom. The maximum Gasteiger partial charge on any atom is 0.416 e. The quantitative estimate of drug-likeness (QED) is 0.867. The molecule has 0 aliphatic carbocycles. The molecular weight excluding hydrogens is 279 g/mol. The Bertz CT molecular complexity index is 436. The van der Waals surface area contributed by atoms with Crippen LogP contribution >= 0.6 is 0 Å². The zero-order valence-electron chi connectivity index (χ0n) is 12.2. The van der Waals surface area contributed by atoms with Gasteiger partial charge in [-0.25, -0.2) is 5.01 Å². The van der Waals surface area contributed by atoms with Crippen LogP contribution in [0.2, 0.25) is 0 Å². The van der Waals surface area contributed by atoms with E-state index < -0.39 is 11.7 Å². The predicted octanol–water partition coefficient (Wildman–Crippen LogP) is 2.52. The van der Waals surface area contributed by atoms with Crippen LogP contribution in [0.1, 0.15) is 24.0 Å². The Kier molecular flexibility index (Phi) is 5.24. The van der Waals surface area contributed by atoms with Crippen molar-refractivity contribution in [1.82, 2.24) is 9.91 Å². The summed E-state index contributed by atoms with van der Waals surface area (Å²) in [6.07, 6.45) is -1.41. The van der Waals surface area contributed by atoms with Crippen molar-refractivity contribution in [2.45, 2.75) is 31.5 Å². The lowest BCUT2D eigenvalue weighted by atomic mass is 10.0. The van der Waals surface area contributed by atoms with Gasteiger partial charge in [-0.05, 0) is 44.0 Å². The van der Waals surface area contributed by atoms with E-state index in [2.05, 4.69) is 11.9 Å². The van der Waals surface area contributed by atoms with Gasteiger partial charge in [-0.1, -0.05) is 12.1 Å². The molecule has 6 heteroatoms. The summed E-state index contributed by atoms with van der Waals surface area (Å²) in [5.41, 5.74) is 0.348. The largest absolute Gasteiger partial charge is 0.416 e. The van der Waals surface area contributed by atoms with Gasteiger partial charge in [0.2, 0.25) is 0 Å². The molecule has 2 N–H and O–H groups in total. The molecule has 1 aromatic rings. The van der Waals surface area contributed by atoms with Crippen LogP contribution in [0.25, 0.3) is 0 Å². The molecule has 0 aromatic heterocycles. The fourth-order valence-corrected chi connectivity index (χ4v) is 2.68. The average molecular weight is 301 g/mol. The third-order valence-corrected chi connectivity index (χ3v) is 4.16. The Labute approximate surface area is 123 Å². The Morgan fingerprint density at radius 2 is 1.76 bits per heavy atom. The highest BCUT2D eigenvalue weighted by atomic mass is 19.4. The van der Waals surface area contributed by atoms with Crippen LogP contribution < -0.4 is 5.84 Å². The first-order chi connectivity index (χ1) is 9.86. The van der Waals surface area contributed by atoms with E-state index >= 15 is 0 Å². The Balaban J connectivity index is 1.82. The molecule has 1 heterocycles. The van der Waals surface area contributed by atoms with Gasteiger partial charge in [-0.15, -0.1) is 0 Å². The molecule has 1 aromatic carbocycles. The molecule has 0 bridgehead atoms. The van der Waals surface area contributed by atoms with E-state index in [0.29, 0.717) is 6.04 Å². The highest BCUT2D eigenvalue weighted by Crippen LogP contribution is 2.29. The number of halogens is 3. The van der Waals surface area contributed by atoms with Crippen LogP contribution in [-0.4, -0.2) is 42.6 Å². The maximum absolute atomic E-state index is 12.5. The second-order valence-electron chi connectivity index (χ2n) is 5.69. The van der Waals surface area contributed by atoms with Crippen molar-refractivity contribution in [2.75, 3.05) is 26.7 Å². The summed E-state index contributed by atoms with van der Waals surface area (Å²) in [6.45, 7) is 2.64. The second-order valence-corrected chi connectivity index (χ2v) is 5.69. The summed E-state index contributed by atoms with van der Waals surface area (Å²) < 4.78 is 37.5.